The minimum absolute atomic E-state index is 0.154. The number of carboxylic acid groups (broad SMARTS) is 2. The lowest BCUT2D eigenvalue weighted by Gasteiger charge is -2.03. The molecule has 7 nitrogen and oxygen atoms in total. The van der Waals surface area contributed by atoms with Gasteiger partial charge in [0.05, 0.1) is 6.10 Å². The molecule has 0 aliphatic heterocycles. The number of hydrogen-bond acceptors (Lipinski definition) is 4. The van der Waals surface area contributed by atoms with Crippen LogP contribution in [0.25, 0.3) is 0 Å². The van der Waals surface area contributed by atoms with Crippen LogP contribution in [0.1, 0.15) is 25.5 Å². The van der Waals surface area contributed by atoms with E-state index in [1.165, 1.54) is 0 Å². The summed E-state index contributed by atoms with van der Waals surface area (Å²) >= 11 is 0. The van der Waals surface area contributed by atoms with Crippen LogP contribution < -0.4 is 10.1 Å². The first-order valence-corrected chi connectivity index (χ1v) is 5.13. The second-order valence-corrected chi connectivity index (χ2v) is 3.32. The van der Waals surface area contributed by atoms with E-state index in [1.807, 2.05) is 13.1 Å². The zero-order valence-electron chi connectivity index (χ0n) is 9.47. The number of nitrogens with one attached hydrogen (secondary N) is 2. The molecule has 7 heteroatoms. The summed E-state index contributed by atoms with van der Waals surface area (Å²) in [7, 11) is 0. The van der Waals surface area contributed by atoms with Crippen molar-refractivity contribution >= 4 is 11.9 Å². The maximum absolute atomic E-state index is 9.23. The lowest BCUT2D eigenvalue weighted by atomic mass is 10.1. The number of aromatic nitrogens is 2. The molecule has 0 aliphatic carbocycles. The molecule has 0 radical (unpaired) electrons. The van der Waals surface area contributed by atoms with Gasteiger partial charge in [0.15, 0.2) is 5.97 Å². The molecular weight excluding hydrogens is 228 g/mol. The van der Waals surface area contributed by atoms with Gasteiger partial charge in [-0.25, -0.2) is 9.78 Å². The molecule has 0 amide bonds. The summed E-state index contributed by atoms with van der Waals surface area (Å²) in [5.74, 6) is -4.01. The fourth-order valence-electron chi connectivity index (χ4n) is 0.989. The van der Waals surface area contributed by atoms with Crippen molar-refractivity contribution in [2.24, 2.45) is 0 Å². The van der Waals surface area contributed by atoms with Crippen molar-refractivity contribution in [3.05, 3.63) is 18.2 Å². The molecule has 17 heavy (non-hydrogen) atoms. The Labute approximate surface area is 98.1 Å². The lowest BCUT2D eigenvalue weighted by molar-refractivity contribution is -0.376. The molecule has 96 valence electrons. The number of aliphatic carboxylic acids is 2. The molecule has 1 aromatic rings. The highest BCUT2D eigenvalue weighted by atomic mass is 16.4. The normalized spacial score (nSPS) is 11.2. The minimum atomic E-state index is -2.07. The number of imidazole rings is 1. The summed E-state index contributed by atoms with van der Waals surface area (Å²) in [6.45, 7) is 1.99. The molecule has 4 N–H and O–H groups in total. The Bertz CT molecular complexity index is 324. The van der Waals surface area contributed by atoms with E-state index in [2.05, 4.69) is 9.97 Å². The van der Waals surface area contributed by atoms with Crippen molar-refractivity contribution in [2.75, 3.05) is 0 Å². The van der Waals surface area contributed by atoms with Gasteiger partial charge in [0, 0.05) is 6.42 Å². The van der Waals surface area contributed by atoms with Crippen molar-refractivity contribution in [2.45, 2.75) is 32.3 Å². The summed E-state index contributed by atoms with van der Waals surface area (Å²) in [4.78, 5) is 24.0. The molecule has 0 saturated heterocycles. The number of aromatic amines is 2. The van der Waals surface area contributed by atoms with Crippen LogP contribution >= 0.6 is 0 Å². The fourth-order valence-corrected chi connectivity index (χ4v) is 0.989. The molecule has 1 unspecified atom stereocenters. The van der Waals surface area contributed by atoms with Crippen LogP contribution in [0, 0.1) is 0 Å². The maximum Gasteiger partial charge on any atom is 0.351 e. The zero-order chi connectivity index (χ0) is 13.3. The van der Waals surface area contributed by atoms with E-state index >= 15 is 0 Å². The largest absolute Gasteiger partial charge is 0.539 e. The Hall–Kier alpha value is -1.89. The van der Waals surface area contributed by atoms with E-state index in [0.29, 0.717) is 0 Å². The summed E-state index contributed by atoms with van der Waals surface area (Å²) < 4.78 is 0. The van der Waals surface area contributed by atoms with Crippen LogP contribution in [0.4, 0.5) is 0 Å². The predicted octanol–water partition coefficient (Wildman–Crippen LogP) is -1.65. The van der Waals surface area contributed by atoms with E-state index in [0.717, 1.165) is 25.0 Å². The molecule has 0 fully saturated rings. The molecule has 1 atom stereocenters. The smallest absolute Gasteiger partial charge is 0.351 e. The Morgan fingerprint density at radius 1 is 1.59 bits per heavy atom. The van der Waals surface area contributed by atoms with E-state index in [4.69, 9.17) is 19.8 Å². The number of hydrogen-bond donors (Lipinski definition) is 3. The number of aliphatic hydroxyl groups excluding tert-OH is 1. The van der Waals surface area contributed by atoms with Gasteiger partial charge in [-0.15, -0.1) is 0 Å². The van der Waals surface area contributed by atoms with Gasteiger partial charge in [0.2, 0.25) is 6.33 Å². The number of carbonyl (C=O) groups is 2. The highest BCUT2D eigenvalue weighted by Crippen LogP contribution is 2.02. The summed E-state index contributed by atoms with van der Waals surface area (Å²) in [5.41, 5.74) is 1.15. The number of aliphatic hydroxyl groups is 1. The summed E-state index contributed by atoms with van der Waals surface area (Å²) in [6, 6.07) is 0. The van der Waals surface area contributed by atoms with Crippen LogP contribution in [-0.4, -0.2) is 33.2 Å². The van der Waals surface area contributed by atoms with E-state index < -0.39 is 11.9 Å². The van der Waals surface area contributed by atoms with Gasteiger partial charge < -0.3 is 20.1 Å². The minimum Gasteiger partial charge on any atom is -0.539 e. The second kappa shape index (κ2) is 8.28. The van der Waals surface area contributed by atoms with Gasteiger partial charge in [-0.05, 0) is 12.8 Å². The fraction of sp³-hybridized carbons (Fsp3) is 0.500. The number of H-pyrrole nitrogens is 2. The number of rotatable bonds is 4. The first kappa shape index (κ1) is 15.1. The van der Waals surface area contributed by atoms with Gasteiger partial charge >= 0.3 is 5.97 Å². The molecule has 1 aromatic heterocycles. The maximum atomic E-state index is 9.23. The third-order valence-electron chi connectivity index (χ3n) is 1.99. The van der Waals surface area contributed by atoms with Crippen LogP contribution in [-0.2, 0) is 16.0 Å². The Morgan fingerprint density at radius 2 is 2.18 bits per heavy atom. The topological polar surface area (TPSA) is 128 Å². The molecule has 0 bridgehead atoms. The monoisotopic (exact) mass is 244 g/mol. The molecule has 1 heterocycles. The van der Waals surface area contributed by atoms with Crippen molar-refractivity contribution in [3.8, 4) is 0 Å². The van der Waals surface area contributed by atoms with Crippen molar-refractivity contribution in [1.29, 1.82) is 0 Å². The van der Waals surface area contributed by atoms with E-state index in [1.54, 1.807) is 6.33 Å². The van der Waals surface area contributed by atoms with E-state index in [-0.39, 0.29) is 6.10 Å². The second-order valence-electron chi connectivity index (χ2n) is 3.32. The molecule has 0 aliphatic rings. The first-order chi connectivity index (χ1) is 7.97. The predicted molar refractivity (Wildman–Crippen MR) is 54.6 cm³/mol. The number of aryl methyl sites for hydroxylation is 1. The van der Waals surface area contributed by atoms with Gasteiger partial charge in [-0.3, -0.25) is 4.98 Å². The van der Waals surface area contributed by atoms with Gasteiger partial charge in [0.1, 0.15) is 11.9 Å². The molecule has 1 rings (SSSR count). The Balaban J connectivity index is 0.000000366. The van der Waals surface area contributed by atoms with Crippen LogP contribution in [0.3, 0.4) is 0 Å². The molecule has 0 aromatic carbocycles. The SMILES string of the molecule is CCC(O)CCc1c[nH+]c[nH]1.O=C([O-])C(=O)O. The molecular formula is C10H16N2O5. The third-order valence-corrected chi connectivity index (χ3v) is 1.99. The molecule has 0 saturated carbocycles. The van der Waals surface area contributed by atoms with Crippen molar-refractivity contribution in [1.82, 2.24) is 4.98 Å². The zero-order valence-corrected chi connectivity index (χ0v) is 9.47. The van der Waals surface area contributed by atoms with Gasteiger partial charge in [-0.1, -0.05) is 6.92 Å². The number of carboxylic acids is 2. The highest BCUT2D eigenvalue weighted by molar-refractivity contribution is 6.26. The summed E-state index contributed by atoms with van der Waals surface area (Å²) in [5, 5.41) is 25.5. The van der Waals surface area contributed by atoms with Crippen LogP contribution in [0.5, 0.6) is 0 Å². The van der Waals surface area contributed by atoms with Gasteiger partial charge in [0.25, 0.3) is 0 Å². The quantitative estimate of drug-likeness (QED) is 0.547. The van der Waals surface area contributed by atoms with Crippen molar-refractivity contribution in [3.63, 3.8) is 0 Å². The standard InChI is InChI=1S/C8H14N2O.C2H2O4/c1-2-8(11)4-3-7-5-9-6-10-7;3-1(4)2(5)6/h5-6,8,11H,2-4H2,1H3,(H,9,10);(H,3,4)(H,5,6). The summed E-state index contributed by atoms with van der Waals surface area (Å²) in [6.07, 6.45) is 6.14. The lowest BCUT2D eigenvalue weighted by Crippen LogP contribution is -2.30. The Morgan fingerprint density at radius 3 is 2.53 bits per heavy atom. The highest BCUT2D eigenvalue weighted by Gasteiger charge is 2.04. The average Bonchev–Trinajstić information content (AvgIpc) is 2.79. The Kier molecular flexibility index (Phi) is 7.36. The van der Waals surface area contributed by atoms with E-state index in [9.17, 15) is 5.11 Å². The first-order valence-electron chi connectivity index (χ1n) is 5.13. The van der Waals surface area contributed by atoms with Crippen LogP contribution in [0.15, 0.2) is 12.5 Å². The number of carbonyl (C=O) groups excluding carboxylic acids is 1. The van der Waals surface area contributed by atoms with Crippen LogP contribution in [0.2, 0.25) is 0 Å². The van der Waals surface area contributed by atoms with Crippen molar-refractivity contribution < 1.29 is 29.9 Å². The molecule has 0 spiro atoms. The average molecular weight is 244 g/mol. The van der Waals surface area contributed by atoms with Gasteiger partial charge in [-0.2, -0.15) is 0 Å². The third kappa shape index (κ3) is 7.97.